The van der Waals surface area contributed by atoms with Crippen molar-refractivity contribution in [1.82, 2.24) is 4.90 Å². The van der Waals surface area contributed by atoms with Gasteiger partial charge in [-0.2, -0.15) is 0 Å². The number of nitrogens with zero attached hydrogens (tertiary/aromatic N) is 1. The molecular formula is C18H18BrNO4. The summed E-state index contributed by atoms with van der Waals surface area (Å²) in [5.41, 5.74) is 0.659. The van der Waals surface area contributed by atoms with Crippen molar-refractivity contribution in [3.63, 3.8) is 0 Å². The van der Waals surface area contributed by atoms with E-state index in [4.69, 9.17) is 9.15 Å². The van der Waals surface area contributed by atoms with Crippen LogP contribution >= 0.6 is 15.9 Å². The lowest BCUT2D eigenvalue weighted by Gasteiger charge is -2.30. The van der Waals surface area contributed by atoms with Crippen LogP contribution in [0.3, 0.4) is 0 Å². The summed E-state index contributed by atoms with van der Waals surface area (Å²) in [7, 11) is 0. The number of hydrogen-bond acceptors (Lipinski definition) is 4. The van der Waals surface area contributed by atoms with Gasteiger partial charge >= 0.3 is 5.97 Å². The van der Waals surface area contributed by atoms with Crippen LogP contribution in [0.25, 0.3) is 0 Å². The lowest BCUT2D eigenvalue weighted by atomic mass is 10.1. The van der Waals surface area contributed by atoms with Gasteiger partial charge in [0, 0.05) is 18.7 Å². The summed E-state index contributed by atoms with van der Waals surface area (Å²) in [6.45, 7) is 1.40. The Bertz CT molecular complexity index is 707. The zero-order valence-electron chi connectivity index (χ0n) is 13.1. The van der Waals surface area contributed by atoms with Crippen molar-refractivity contribution in [2.75, 3.05) is 13.1 Å². The van der Waals surface area contributed by atoms with Crippen LogP contribution in [0.1, 0.15) is 41.5 Å². The molecule has 0 aliphatic carbocycles. The summed E-state index contributed by atoms with van der Waals surface area (Å²) in [5, 5.41) is 0. The van der Waals surface area contributed by atoms with E-state index in [0.29, 0.717) is 23.3 Å². The summed E-state index contributed by atoms with van der Waals surface area (Å²) in [4.78, 5) is 27.0. The smallest absolute Gasteiger partial charge is 0.375 e. The SMILES string of the molecule is O=C(O[C@@H](C(=O)N1CCCCC1)c1ccccc1)c1ccc(Br)o1. The van der Waals surface area contributed by atoms with Crippen molar-refractivity contribution in [3.05, 3.63) is 58.5 Å². The number of piperidine rings is 1. The number of esters is 1. The quantitative estimate of drug-likeness (QED) is 0.740. The van der Waals surface area contributed by atoms with Crippen LogP contribution in [-0.2, 0) is 9.53 Å². The van der Waals surface area contributed by atoms with Gasteiger partial charge in [-0.25, -0.2) is 4.79 Å². The molecule has 24 heavy (non-hydrogen) atoms. The highest BCUT2D eigenvalue weighted by atomic mass is 79.9. The molecule has 1 aliphatic heterocycles. The highest BCUT2D eigenvalue weighted by Gasteiger charge is 2.31. The third-order valence-electron chi connectivity index (χ3n) is 3.99. The van der Waals surface area contributed by atoms with Crippen LogP contribution in [-0.4, -0.2) is 29.9 Å². The number of rotatable bonds is 4. The highest BCUT2D eigenvalue weighted by molar-refractivity contribution is 9.10. The molecule has 1 atom stereocenters. The number of furan rings is 1. The standard InChI is InChI=1S/C18H18BrNO4/c19-15-10-9-14(23-15)18(22)24-16(13-7-3-1-4-8-13)17(21)20-11-5-2-6-12-20/h1,3-4,7-10,16H,2,5-6,11-12H2/t16-/m1/s1. The van der Waals surface area contributed by atoms with Gasteiger partial charge in [0.15, 0.2) is 4.67 Å². The third kappa shape index (κ3) is 3.87. The van der Waals surface area contributed by atoms with Crippen molar-refractivity contribution >= 4 is 27.8 Å². The number of carbonyl (C=O) groups is 2. The Kier molecular flexibility index (Phi) is 5.35. The molecule has 1 aromatic carbocycles. The minimum Gasteiger partial charge on any atom is -0.442 e. The monoisotopic (exact) mass is 391 g/mol. The lowest BCUT2D eigenvalue weighted by Crippen LogP contribution is -2.40. The molecule has 2 aromatic rings. The third-order valence-corrected chi connectivity index (χ3v) is 4.42. The molecule has 2 heterocycles. The Morgan fingerprint density at radius 3 is 2.38 bits per heavy atom. The zero-order chi connectivity index (χ0) is 16.9. The summed E-state index contributed by atoms with van der Waals surface area (Å²) < 4.78 is 11.2. The van der Waals surface area contributed by atoms with Gasteiger partial charge in [0.05, 0.1) is 0 Å². The van der Waals surface area contributed by atoms with E-state index in [1.807, 2.05) is 18.2 Å². The largest absolute Gasteiger partial charge is 0.442 e. The lowest BCUT2D eigenvalue weighted by molar-refractivity contribution is -0.142. The minimum absolute atomic E-state index is 0.0641. The maximum atomic E-state index is 12.9. The van der Waals surface area contributed by atoms with E-state index in [1.54, 1.807) is 23.1 Å². The molecule has 1 aromatic heterocycles. The van der Waals surface area contributed by atoms with Gasteiger partial charge in [-0.1, -0.05) is 30.3 Å². The molecule has 0 N–H and O–H groups in total. The first-order chi connectivity index (χ1) is 11.6. The Morgan fingerprint density at radius 2 is 1.75 bits per heavy atom. The van der Waals surface area contributed by atoms with E-state index < -0.39 is 12.1 Å². The number of benzene rings is 1. The maximum Gasteiger partial charge on any atom is 0.375 e. The molecule has 1 aliphatic rings. The maximum absolute atomic E-state index is 12.9. The molecule has 1 saturated heterocycles. The number of carbonyl (C=O) groups excluding carboxylic acids is 2. The summed E-state index contributed by atoms with van der Waals surface area (Å²) in [6, 6.07) is 12.2. The predicted octanol–water partition coefficient (Wildman–Crippen LogP) is 3.95. The Hall–Kier alpha value is -2.08. The van der Waals surface area contributed by atoms with E-state index in [1.165, 1.54) is 6.07 Å². The molecule has 0 spiro atoms. The molecule has 3 rings (SSSR count). The summed E-state index contributed by atoms with van der Waals surface area (Å²) in [6.07, 6.45) is 2.12. The molecular weight excluding hydrogens is 374 g/mol. The van der Waals surface area contributed by atoms with Gasteiger partial charge in [-0.15, -0.1) is 0 Å². The van der Waals surface area contributed by atoms with Gasteiger partial charge in [0.2, 0.25) is 11.9 Å². The van der Waals surface area contributed by atoms with Crippen molar-refractivity contribution < 1.29 is 18.7 Å². The van der Waals surface area contributed by atoms with Crippen LogP contribution in [0.2, 0.25) is 0 Å². The second-order valence-electron chi connectivity index (χ2n) is 5.69. The number of halogens is 1. The normalized spacial score (nSPS) is 15.8. The molecule has 0 unspecified atom stereocenters. The fourth-order valence-corrected chi connectivity index (χ4v) is 3.06. The Morgan fingerprint density at radius 1 is 1.04 bits per heavy atom. The van der Waals surface area contributed by atoms with E-state index in [-0.39, 0.29) is 11.7 Å². The number of hydrogen-bond donors (Lipinski definition) is 0. The predicted molar refractivity (Wildman–Crippen MR) is 91.4 cm³/mol. The van der Waals surface area contributed by atoms with Crippen molar-refractivity contribution in [2.24, 2.45) is 0 Å². The first kappa shape index (κ1) is 16.8. The molecule has 0 radical (unpaired) electrons. The van der Waals surface area contributed by atoms with Gasteiger partial charge in [0.25, 0.3) is 5.91 Å². The highest BCUT2D eigenvalue weighted by Crippen LogP contribution is 2.25. The molecule has 1 amide bonds. The number of ether oxygens (including phenoxy) is 1. The first-order valence-electron chi connectivity index (χ1n) is 7.95. The average Bonchev–Trinajstić information content (AvgIpc) is 3.07. The van der Waals surface area contributed by atoms with E-state index in [0.717, 1.165) is 19.3 Å². The van der Waals surface area contributed by atoms with E-state index >= 15 is 0 Å². The fraction of sp³-hybridized carbons (Fsp3) is 0.333. The Labute approximate surface area is 148 Å². The minimum atomic E-state index is -0.958. The van der Waals surface area contributed by atoms with Crippen LogP contribution < -0.4 is 0 Å². The van der Waals surface area contributed by atoms with E-state index in [9.17, 15) is 9.59 Å². The van der Waals surface area contributed by atoms with Crippen molar-refractivity contribution in [2.45, 2.75) is 25.4 Å². The second-order valence-corrected chi connectivity index (χ2v) is 6.47. The number of likely N-dealkylation sites (tertiary alicyclic amines) is 1. The van der Waals surface area contributed by atoms with Crippen LogP contribution in [0, 0.1) is 0 Å². The summed E-state index contributed by atoms with van der Waals surface area (Å²) >= 11 is 3.15. The molecule has 126 valence electrons. The van der Waals surface area contributed by atoms with Gasteiger partial charge in [0.1, 0.15) is 0 Å². The van der Waals surface area contributed by atoms with Crippen LogP contribution in [0.15, 0.2) is 51.6 Å². The molecule has 6 heteroatoms. The fourth-order valence-electron chi connectivity index (χ4n) is 2.76. The van der Waals surface area contributed by atoms with Crippen molar-refractivity contribution in [1.29, 1.82) is 0 Å². The van der Waals surface area contributed by atoms with Gasteiger partial charge in [-0.3, -0.25) is 4.79 Å². The Balaban J connectivity index is 1.82. The van der Waals surface area contributed by atoms with Crippen LogP contribution in [0.5, 0.6) is 0 Å². The molecule has 5 nitrogen and oxygen atoms in total. The topological polar surface area (TPSA) is 59.8 Å². The molecule has 0 bridgehead atoms. The van der Waals surface area contributed by atoms with Crippen LogP contribution in [0.4, 0.5) is 0 Å². The molecule has 0 saturated carbocycles. The van der Waals surface area contributed by atoms with E-state index in [2.05, 4.69) is 15.9 Å². The number of amides is 1. The molecule has 1 fully saturated rings. The van der Waals surface area contributed by atoms with Gasteiger partial charge in [-0.05, 0) is 47.3 Å². The second kappa shape index (κ2) is 7.66. The zero-order valence-corrected chi connectivity index (χ0v) is 14.7. The van der Waals surface area contributed by atoms with Gasteiger partial charge < -0.3 is 14.1 Å². The average molecular weight is 392 g/mol. The first-order valence-corrected chi connectivity index (χ1v) is 8.74. The van der Waals surface area contributed by atoms with Crippen molar-refractivity contribution in [3.8, 4) is 0 Å². The summed E-state index contributed by atoms with van der Waals surface area (Å²) in [5.74, 6) is -0.769.